The number of pyridine rings is 1. The van der Waals surface area contributed by atoms with Crippen molar-refractivity contribution in [3.63, 3.8) is 0 Å². The molecule has 0 aliphatic heterocycles. The molecular weight excluding hydrogens is 230 g/mol. The summed E-state index contributed by atoms with van der Waals surface area (Å²) in [6.07, 6.45) is 0. The lowest BCUT2D eigenvalue weighted by Gasteiger charge is -2.04. The molecule has 0 atom stereocenters. The van der Waals surface area contributed by atoms with Gasteiger partial charge in [0.15, 0.2) is 0 Å². The first-order valence-corrected chi connectivity index (χ1v) is 5.39. The zero-order valence-corrected chi connectivity index (χ0v) is 9.33. The largest absolute Gasteiger partial charge is 0.393 e. The lowest BCUT2D eigenvalue weighted by Crippen LogP contribution is -1.97. The van der Waals surface area contributed by atoms with Crippen molar-refractivity contribution < 1.29 is 4.92 Å². The molecule has 0 bridgehead atoms. The van der Waals surface area contributed by atoms with Crippen LogP contribution in [0.2, 0.25) is 0 Å². The van der Waals surface area contributed by atoms with Gasteiger partial charge in [-0.05, 0) is 24.3 Å². The van der Waals surface area contributed by atoms with Gasteiger partial charge in [-0.3, -0.25) is 10.1 Å². The lowest BCUT2D eigenvalue weighted by molar-refractivity contribution is -0.382. The molecule has 2 aromatic carbocycles. The minimum Gasteiger partial charge on any atom is -0.393 e. The van der Waals surface area contributed by atoms with Gasteiger partial charge in [0.1, 0.15) is 5.69 Å². The molecule has 0 spiro atoms. The van der Waals surface area contributed by atoms with Gasteiger partial charge >= 0.3 is 5.69 Å². The maximum atomic E-state index is 11.1. The number of rotatable bonds is 1. The quantitative estimate of drug-likeness (QED) is 0.306. The van der Waals surface area contributed by atoms with E-state index in [9.17, 15) is 10.1 Å². The zero-order chi connectivity index (χ0) is 12.7. The maximum absolute atomic E-state index is 11.1. The summed E-state index contributed by atoms with van der Waals surface area (Å²) < 4.78 is 0. The first-order valence-electron chi connectivity index (χ1n) is 5.39. The molecule has 18 heavy (non-hydrogen) atoms. The van der Waals surface area contributed by atoms with Crippen molar-refractivity contribution in [2.24, 2.45) is 0 Å². The monoisotopic (exact) mass is 239 g/mol. The second-order valence-electron chi connectivity index (χ2n) is 4.01. The second-order valence-corrected chi connectivity index (χ2v) is 4.01. The molecule has 0 aliphatic rings. The van der Waals surface area contributed by atoms with Crippen molar-refractivity contribution in [1.29, 1.82) is 0 Å². The van der Waals surface area contributed by atoms with Crippen LogP contribution in [0.4, 0.5) is 11.4 Å². The number of nitrogens with zero attached hydrogens (tertiary/aromatic N) is 2. The Balaban J connectivity index is 2.50. The lowest BCUT2D eigenvalue weighted by atomic mass is 10.1. The molecule has 1 aromatic heterocycles. The minimum atomic E-state index is -0.464. The Hall–Kier alpha value is -2.69. The smallest absolute Gasteiger partial charge is 0.301 e. The molecule has 3 aromatic rings. The summed E-state index contributed by atoms with van der Waals surface area (Å²) in [6.45, 7) is 0. The van der Waals surface area contributed by atoms with E-state index >= 15 is 0 Å². The molecule has 5 nitrogen and oxygen atoms in total. The first-order chi connectivity index (χ1) is 8.66. The molecule has 5 heteroatoms. The summed E-state index contributed by atoms with van der Waals surface area (Å²) in [5.41, 5.74) is 7.13. The van der Waals surface area contributed by atoms with Gasteiger partial charge in [-0.25, -0.2) is 4.98 Å². The summed E-state index contributed by atoms with van der Waals surface area (Å²) in [7, 11) is 0. The van der Waals surface area contributed by atoms with Crippen molar-refractivity contribution in [1.82, 2.24) is 4.98 Å². The molecule has 0 radical (unpaired) electrons. The highest BCUT2D eigenvalue weighted by Crippen LogP contribution is 2.32. The number of hydrogen-bond donors (Lipinski definition) is 1. The normalized spacial score (nSPS) is 10.9. The van der Waals surface area contributed by atoms with E-state index in [1.165, 1.54) is 6.07 Å². The van der Waals surface area contributed by atoms with Gasteiger partial charge in [-0.15, -0.1) is 0 Å². The number of benzene rings is 2. The molecule has 88 valence electrons. The van der Waals surface area contributed by atoms with Crippen LogP contribution in [0.15, 0.2) is 42.5 Å². The van der Waals surface area contributed by atoms with Gasteiger partial charge in [0, 0.05) is 5.39 Å². The molecule has 0 unspecified atom stereocenters. The van der Waals surface area contributed by atoms with Crippen LogP contribution in [0, 0.1) is 10.1 Å². The van der Waals surface area contributed by atoms with Gasteiger partial charge in [0.25, 0.3) is 0 Å². The Kier molecular flexibility index (Phi) is 2.13. The topological polar surface area (TPSA) is 82.0 Å². The molecule has 2 N–H and O–H groups in total. The maximum Gasteiger partial charge on any atom is 0.301 e. The molecule has 3 rings (SSSR count). The van der Waals surface area contributed by atoms with E-state index in [1.807, 2.05) is 24.3 Å². The third-order valence-electron chi connectivity index (χ3n) is 2.89. The molecule has 0 fully saturated rings. The van der Waals surface area contributed by atoms with Crippen molar-refractivity contribution >= 4 is 33.2 Å². The van der Waals surface area contributed by atoms with E-state index in [1.54, 1.807) is 12.1 Å². The highest BCUT2D eigenvalue weighted by atomic mass is 16.6. The molecule has 0 saturated heterocycles. The van der Waals surface area contributed by atoms with Crippen LogP contribution in [0.5, 0.6) is 0 Å². The molecule has 0 amide bonds. The van der Waals surface area contributed by atoms with E-state index in [0.29, 0.717) is 10.9 Å². The van der Waals surface area contributed by atoms with Crippen LogP contribution in [-0.4, -0.2) is 9.91 Å². The number of hydrogen-bond acceptors (Lipinski definition) is 4. The van der Waals surface area contributed by atoms with Crippen molar-refractivity contribution in [2.45, 2.75) is 0 Å². The Labute approximate surface area is 102 Å². The van der Waals surface area contributed by atoms with E-state index in [4.69, 9.17) is 5.73 Å². The Morgan fingerprint density at radius 2 is 1.89 bits per heavy atom. The van der Waals surface area contributed by atoms with Crippen LogP contribution in [-0.2, 0) is 0 Å². The Morgan fingerprint density at radius 3 is 2.67 bits per heavy atom. The zero-order valence-electron chi connectivity index (χ0n) is 9.33. The fourth-order valence-corrected chi connectivity index (χ4v) is 2.05. The van der Waals surface area contributed by atoms with Gasteiger partial charge in [0.05, 0.1) is 21.3 Å². The number of anilines is 1. The number of nitro benzene ring substituents is 1. The van der Waals surface area contributed by atoms with E-state index in [2.05, 4.69) is 4.98 Å². The van der Waals surface area contributed by atoms with Crippen LogP contribution in [0.3, 0.4) is 0 Å². The van der Waals surface area contributed by atoms with Gasteiger partial charge in [-0.2, -0.15) is 0 Å². The van der Waals surface area contributed by atoms with Crippen molar-refractivity contribution in [3.8, 4) is 0 Å². The van der Waals surface area contributed by atoms with Crippen LogP contribution >= 0.6 is 0 Å². The van der Waals surface area contributed by atoms with E-state index in [0.717, 1.165) is 10.9 Å². The highest BCUT2D eigenvalue weighted by molar-refractivity contribution is 6.00. The predicted octanol–water partition coefficient (Wildman–Crippen LogP) is 2.88. The Morgan fingerprint density at radius 1 is 1.11 bits per heavy atom. The third kappa shape index (κ3) is 1.45. The second kappa shape index (κ2) is 3.66. The van der Waals surface area contributed by atoms with Gasteiger partial charge in [0.2, 0.25) is 0 Å². The standard InChI is InChI=1S/C13H9N3O2/c14-10-5-6-12-9(13(10)16(17)18)7-8-3-1-2-4-11(8)15-12/h1-7H,14H2. The number of para-hydroxylation sites is 1. The summed E-state index contributed by atoms with van der Waals surface area (Å²) in [4.78, 5) is 15.0. The third-order valence-corrected chi connectivity index (χ3v) is 2.89. The number of nitro groups is 1. The Bertz CT molecular complexity index is 784. The highest BCUT2D eigenvalue weighted by Gasteiger charge is 2.17. The molecular formula is C13H9N3O2. The number of aromatic nitrogens is 1. The summed E-state index contributed by atoms with van der Waals surface area (Å²) in [6, 6.07) is 12.5. The summed E-state index contributed by atoms with van der Waals surface area (Å²) in [5.74, 6) is 0. The number of nitrogens with two attached hydrogens (primary N) is 1. The summed E-state index contributed by atoms with van der Waals surface area (Å²) >= 11 is 0. The fourth-order valence-electron chi connectivity index (χ4n) is 2.05. The fraction of sp³-hybridized carbons (Fsp3) is 0. The number of fused-ring (bicyclic) bond motifs is 2. The number of nitrogen functional groups attached to an aromatic ring is 1. The predicted molar refractivity (Wildman–Crippen MR) is 70.3 cm³/mol. The summed E-state index contributed by atoms with van der Waals surface area (Å²) in [5, 5.41) is 12.4. The molecule has 1 heterocycles. The van der Waals surface area contributed by atoms with Crippen LogP contribution in [0.25, 0.3) is 21.8 Å². The molecule has 0 saturated carbocycles. The first kappa shape index (κ1) is 10.5. The SMILES string of the molecule is Nc1ccc2nc3ccccc3cc2c1[N+](=O)[O-]. The molecule has 0 aliphatic carbocycles. The van der Waals surface area contributed by atoms with Crippen molar-refractivity contribution in [3.05, 3.63) is 52.6 Å². The van der Waals surface area contributed by atoms with Crippen molar-refractivity contribution in [2.75, 3.05) is 5.73 Å². The van der Waals surface area contributed by atoms with Crippen LogP contribution < -0.4 is 5.73 Å². The average molecular weight is 239 g/mol. The van der Waals surface area contributed by atoms with E-state index in [-0.39, 0.29) is 11.4 Å². The minimum absolute atomic E-state index is 0.0780. The average Bonchev–Trinajstić information content (AvgIpc) is 2.36. The van der Waals surface area contributed by atoms with Gasteiger partial charge < -0.3 is 5.73 Å². The van der Waals surface area contributed by atoms with Gasteiger partial charge in [-0.1, -0.05) is 18.2 Å². The van der Waals surface area contributed by atoms with Crippen LogP contribution in [0.1, 0.15) is 0 Å². The van der Waals surface area contributed by atoms with E-state index < -0.39 is 4.92 Å².